The minimum atomic E-state index is 0.491. The molecular formula is C11H23NO2. The Morgan fingerprint density at radius 2 is 2.36 bits per heavy atom. The van der Waals surface area contributed by atoms with Gasteiger partial charge >= 0.3 is 0 Å². The molecule has 3 nitrogen and oxygen atoms in total. The summed E-state index contributed by atoms with van der Waals surface area (Å²) in [6.07, 6.45) is 3.95. The quantitative estimate of drug-likeness (QED) is 0.632. The molecule has 3 heteroatoms. The first-order chi connectivity index (χ1) is 6.88. The van der Waals surface area contributed by atoms with Crippen LogP contribution in [-0.2, 0) is 9.47 Å². The van der Waals surface area contributed by atoms with E-state index in [4.69, 9.17) is 9.47 Å². The van der Waals surface area contributed by atoms with Gasteiger partial charge in [0.2, 0.25) is 0 Å². The Morgan fingerprint density at radius 3 is 3.07 bits per heavy atom. The number of hydrogen-bond donors (Lipinski definition) is 1. The van der Waals surface area contributed by atoms with Crippen LogP contribution in [0.2, 0.25) is 0 Å². The molecule has 0 radical (unpaired) electrons. The van der Waals surface area contributed by atoms with E-state index in [-0.39, 0.29) is 0 Å². The van der Waals surface area contributed by atoms with Gasteiger partial charge in [0.15, 0.2) is 0 Å². The third-order valence-electron chi connectivity index (χ3n) is 2.86. The average Bonchev–Trinajstić information content (AvgIpc) is 2.65. The summed E-state index contributed by atoms with van der Waals surface area (Å²) in [7, 11) is 1.75. The molecule has 84 valence electrons. The first-order valence-corrected chi connectivity index (χ1v) is 5.69. The highest BCUT2D eigenvalue weighted by Crippen LogP contribution is 2.22. The van der Waals surface area contributed by atoms with E-state index < -0.39 is 0 Å². The lowest BCUT2D eigenvalue weighted by molar-refractivity contribution is 0.0871. The Hall–Kier alpha value is -0.120. The fourth-order valence-electron chi connectivity index (χ4n) is 2.01. The van der Waals surface area contributed by atoms with Gasteiger partial charge in [-0.2, -0.15) is 0 Å². The maximum atomic E-state index is 5.63. The molecule has 0 aliphatic carbocycles. The minimum Gasteiger partial charge on any atom is -0.385 e. The smallest absolute Gasteiger partial charge is 0.0613 e. The van der Waals surface area contributed by atoms with Crippen molar-refractivity contribution in [2.24, 2.45) is 5.92 Å². The molecule has 1 heterocycles. The molecule has 1 N–H and O–H groups in total. The molecule has 0 spiro atoms. The molecule has 1 fully saturated rings. The molecule has 0 amide bonds. The van der Waals surface area contributed by atoms with Crippen LogP contribution < -0.4 is 5.32 Å². The third kappa shape index (κ3) is 3.95. The summed E-state index contributed by atoms with van der Waals surface area (Å²) in [6, 6.07) is 0. The number of rotatable bonds is 7. The molecule has 0 aromatic carbocycles. The number of methoxy groups -OCH3 is 1. The SMILES string of the molecule is CCC1OCCC1CNCCCOC. The summed E-state index contributed by atoms with van der Waals surface area (Å²) in [6.45, 7) is 6.16. The lowest BCUT2D eigenvalue weighted by atomic mass is 10.00. The van der Waals surface area contributed by atoms with Crippen LogP contribution in [0.3, 0.4) is 0 Å². The van der Waals surface area contributed by atoms with Crippen LogP contribution in [0.5, 0.6) is 0 Å². The summed E-state index contributed by atoms with van der Waals surface area (Å²) >= 11 is 0. The van der Waals surface area contributed by atoms with Gasteiger partial charge in [0.1, 0.15) is 0 Å². The molecule has 2 unspecified atom stereocenters. The number of ether oxygens (including phenoxy) is 2. The van der Waals surface area contributed by atoms with E-state index in [1.807, 2.05) is 0 Å². The fourth-order valence-corrected chi connectivity index (χ4v) is 2.01. The second-order valence-electron chi connectivity index (χ2n) is 3.92. The molecular weight excluding hydrogens is 178 g/mol. The Balaban J connectivity index is 2.00. The molecule has 2 atom stereocenters. The van der Waals surface area contributed by atoms with Gasteiger partial charge in [-0.3, -0.25) is 0 Å². The molecule has 14 heavy (non-hydrogen) atoms. The standard InChI is InChI=1S/C11H23NO2/c1-3-11-10(5-8-14-11)9-12-6-4-7-13-2/h10-12H,3-9H2,1-2H3. The van der Waals surface area contributed by atoms with Crippen molar-refractivity contribution in [3.8, 4) is 0 Å². The first-order valence-electron chi connectivity index (χ1n) is 5.69. The predicted octanol–water partition coefficient (Wildman–Crippen LogP) is 1.43. The molecule has 1 aliphatic heterocycles. The van der Waals surface area contributed by atoms with Gasteiger partial charge in [0.25, 0.3) is 0 Å². The molecule has 1 aliphatic rings. The van der Waals surface area contributed by atoms with Crippen LogP contribution in [0.25, 0.3) is 0 Å². The number of hydrogen-bond acceptors (Lipinski definition) is 3. The van der Waals surface area contributed by atoms with E-state index in [2.05, 4.69) is 12.2 Å². The van der Waals surface area contributed by atoms with E-state index in [9.17, 15) is 0 Å². The lowest BCUT2D eigenvalue weighted by Crippen LogP contribution is -2.29. The Morgan fingerprint density at radius 1 is 1.50 bits per heavy atom. The Bertz CT molecular complexity index is 141. The highest BCUT2D eigenvalue weighted by atomic mass is 16.5. The van der Waals surface area contributed by atoms with E-state index in [0.29, 0.717) is 6.10 Å². The van der Waals surface area contributed by atoms with Crippen LogP contribution in [0.4, 0.5) is 0 Å². The molecule has 0 bridgehead atoms. The van der Waals surface area contributed by atoms with Crippen LogP contribution in [-0.4, -0.2) is 39.5 Å². The van der Waals surface area contributed by atoms with Crippen molar-refractivity contribution in [3.05, 3.63) is 0 Å². The maximum absolute atomic E-state index is 5.63. The van der Waals surface area contributed by atoms with Crippen molar-refractivity contribution in [2.75, 3.05) is 33.4 Å². The van der Waals surface area contributed by atoms with Crippen LogP contribution in [0.15, 0.2) is 0 Å². The van der Waals surface area contributed by atoms with Crippen molar-refractivity contribution in [3.63, 3.8) is 0 Å². The highest BCUT2D eigenvalue weighted by Gasteiger charge is 2.25. The van der Waals surface area contributed by atoms with Gasteiger partial charge in [-0.05, 0) is 31.7 Å². The van der Waals surface area contributed by atoms with Crippen LogP contribution in [0.1, 0.15) is 26.2 Å². The first kappa shape index (κ1) is 12.0. The van der Waals surface area contributed by atoms with E-state index >= 15 is 0 Å². The summed E-state index contributed by atoms with van der Waals surface area (Å²) < 4.78 is 10.6. The lowest BCUT2D eigenvalue weighted by Gasteiger charge is -2.17. The van der Waals surface area contributed by atoms with Gasteiger partial charge in [-0.15, -0.1) is 0 Å². The summed E-state index contributed by atoms with van der Waals surface area (Å²) in [5.41, 5.74) is 0. The van der Waals surface area contributed by atoms with Crippen LogP contribution in [0, 0.1) is 5.92 Å². The van der Waals surface area contributed by atoms with E-state index in [1.54, 1.807) is 7.11 Å². The van der Waals surface area contributed by atoms with Gasteiger partial charge in [0.05, 0.1) is 6.10 Å². The largest absolute Gasteiger partial charge is 0.385 e. The summed E-state index contributed by atoms with van der Waals surface area (Å²) in [5.74, 6) is 0.725. The molecule has 1 rings (SSSR count). The normalized spacial score (nSPS) is 27.0. The molecule has 0 aromatic heterocycles. The zero-order valence-corrected chi connectivity index (χ0v) is 9.42. The average molecular weight is 201 g/mol. The fraction of sp³-hybridized carbons (Fsp3) is 1.00. The molecule has 0 aromatic rings. The van der Waals surface area contributed by atoms with Crippen molar-refractivity contribution in [2.45, 2.75) is 32.3 Å². The monoisotopic (exact) mass is 201 g/mol. The maximum Gasteiger partial charge on any atom is 0.0613 e. The zero-order valence-electron chi connectivity index (χ0n) is 9.42. The van der Waals surface area contributed by atoms with Gasteiger partial charge < -0.3 is 14.8 Å². The highest BCUT2D eigenvalue weighted by molar-refractivity contribution is 4.76. The second kappa shape index (κ2) is 7.21. The predicted molar refractivity (Wildman–Crippen MR) is 57.5 cm³/mol. The van der Waals surface area contributed by atoms with E-state index in [0.717, 1.165) is 45.1 Å². The zero-order chi connectivity index (χ0) is 10.2. The summed E-state index contributed by atoms with van der Waals surface area (Å²) in [5, 5.41) is 3.47. The Kier molecular flexibility index (Phi) is 6.15. The Labute approximate surface area is 87.2 Å². The number of nitrogens with one attached hydrogen (secondary N) is 1. The van der Waals surface area contributed by atoms with E-state index in [1.165, 1.54) is 6.42 Å². The van der Waals surface area contributed by atoms with Gasteiger partial charge in [0, 0.05) is 26.9 Å². The molecule has 1 saturated heterocycles. The van der Waals surface area contributed by atoms with Crippen LogP contribution >= 0.6 is 0 Å². The third-order valence-corrected chi connectivity index (χ3v) is 2.86. The topological polar surface area (TPSA) is 30.5 Å². The van der Waals surface area contributed by atoms with Crippen molar-refractivity contribution >= 4 is 0 Å². The van der Waals surface area contributed by atoms with Gasteiger partial charge in [-0.1, -0.05) is 6.92 Å². The molecule has 0 saturated carbocycles. The summed E-state index contributed by atoms with van der Waals surface area (Å²) in [4.78, 5) is 0. The van der Waals surface area contributed by atoms with Gasteiger partial charge in [-0.25, -0.2) is 0 Å². The van der Waals surface area contributed by atoms with Crippen molar-refractivity contribution < 1.29 is 9.47 Å². The second-order valence-corrected chi connectivity index (χ2v) is 3.92. The minimum absolute atomic E-state index is 0.491. The van der Waals surface area contributed by atoms with Crippen molar-refractivity contribution in [1.82, 2.24) is 5.32 Å². The van der Waals surface area contributed by atoms with Crippen molar-refractivity contribution in [1.29, 1.82) is 0 Å².